The highest BCUT2D eigenvalue weighted by molar-refractivity contribution is 5.65. The SMILES string of the molecule is Cc1nn(C)c(C)c1/C=C1/CCCC2=C1OC(N)=C(C#N)[C@H]2c1c(C)nn(C)c1C. The summed E-state index contributed by atoms with van der Waals surface area (Å²) in [5.74, 6) is 0.789. The van der Waals surface area contributed by atoms with Gasteiger partial charge in [-0.3, -0.25) is 9.36 Å². The van der Waals surface area contributed by atoms with Crippen molar-refractivity contribution in [2.75, 3.05) is 0 Å². The van der Waals surface area contributed by atoms with Crippen LogP contribution in [0.5, 0.6) is 0 Å². The van der Waals surface area contributed by atoms with Crippen molar-refractivity contribution in [2.45, 2.75) is 52.9 Å². The molecule has 0 unspecified atom stereocenters. The maximum atomic E-state index is 9.91. The highest BCUT2D eigenvalue weighted by Crippen LogP contribution is 2.48. The Morgan fingerprint density at radius 3 is 2.30 bits per heavy atom. The average Bonchev–Trinajstić information content (AvgIpc) is 3.09. The molecule has 2 aromatic rings. The van der Waals surface area contributed by atoms with Crippen molar-refractivity contribution >= 4 is 6.08 Å². The zero-order valence-corrected chi connectivity index (χ0v) is 18.5. The molecule has 3 heterocycles. The Hall–Kier alpha value is -3.27. The molecule has 0 saturated carbocycles. The number of aromatic nitrogens is 4. The van der Waals surface area contributed by atoms with Gasteiger partial charge in [0.15, 0.2) is 0 Å². The first kappa shape index (κ1) is 20.0. The van der Waals surface area contributed by atoms with Gasteiger partial charge in [-0.2, -0.15) is 15.5 Å². The maximum Gasteiger partial charge on any atom is 0.205 e. The third-order valence-electron chi connectivity index (χ3n) is 6.45. The maximum absolute atomic E-state index is 9.91. The molecule has 30 heavy (non-hydrogen) atoms. The van der Waals surface area contributed by atoms with Crippen LogP contribution in [0.1, 0.15) is 59.1 Å². The molecule has 2 aromatic heterocycles. The normalized spacial score (nSPS) is 20.4. The van der Waals surface area contributed by atoms with Gasteiger partial charge >= 0.3 is 0 Å². The first-order valence-electron chi connectivity index (χ1n) is 10.3. The molecule has 2 N–H and O–H groups in total. The standard InChI is InChI=1S/C23H28N6O/c1-12-18(14(3)28(5)26-12)10-16-8-7-9-17-21(19(11-24)23(25)30-22(16)17)20-13(2)27-29(6)15(20)4/h10,21H,7-9,25H2,1-6H3/b16-10-/t21-/m0/s1. The molecule has 0 spiro atoms. The summed E-state index contributed by atoms with van der Waals surface area (Å²) in [5.41, 5.74) is 15.2. The van der Waals surface area contributed by atoms with E-state index in [1.165, 1.54) is 0 Å². The predicted octanol–water partition coefficient (Wildman–Crippen LogP) is 3.72. The molecule has 2 aliphatic rings. The zero-order chi connectivity index (χ0) is 21.7. The van der Waals surface area contributed by atoms with Gasteiger partial charge in [0.05, 0.1) is 17.3 Å². The highest BCUT2D eigenvalue weighted by Gasteiger charge is 2.38. The van der Waals surface area contributed by atoms with Crippen molar-refractivity contribution in [1.82, 2.24) is 19.6 Å². The first-order valence-corrected chi connectivity index (χ1v) is 10.3. The molecule has 7 heteroatoms. The van der Waals surface area contributed by atoms with Gasteiger partial charge in [0, 0.05) is 36.6 Å². The minimum absolute atomic E-state index is 0.191. The second kappa shape index (κ2) is 7.21. The molecular formula is C23H28N6O. The van der Waals surface area contributed by atoms with E-state index in [9.17, 15) is 5.26 Å². The molecule has 7 nitrogen and oxygen atoms in total. The van der Waals surface area contributed by atoms with Gasteiger partial charge in [-0.05, 0) is 64.2 Å². The fourth-order valence-electron chi connectivity index (χ4n) is 4.75. The van der Waals surface area contributed by atoms with Gasteiger partial charge in [-0.1, -0.05) is 0 Å². The third kappa shape index (κ3) is 2.95. The van der Waals surface area contributed by atoms with E-state index in [-0.39, 0.29) is 11.8 Å². The van der Waals surface area contributed by atoms with E-state index in [0.717, 1.165) is 70.1 Å². The van der Waals surface area contributed by atoms with Crippen LogP contribution in [0.15, 0.2) is 28.4 Å². The average molecular weight is 405 g/mol. The summed E-state index contributed by atoms with van der Waals surface area (Å²) >= 11 is 0. The smallest absolute Gasteiger partial charge is 0.205 e. The summed E-state index contributed by atoms with van der Waals surface area (Å²) in [6.45, 7) is 8.12. The lowest BCUT2D eigenvalue weighted by atomic mass is 9.76. The summed E-state index contributed by atoms with van der Waals surface area (Å²) in [7, 11) is 3.89. The zero-order valence-electron chi connectivity index (χ0n) is 18.5. The van der Waals surface area contributed by atoms with Crippen LogP contribution < -0.4 is 5.73 Å². The van der Waals surface area contributed by atoms with Crippen molar-refractivity contribution in [3.05, 3.63) is 62.3 Å². The number of allylic oxidation sites excluding steroid dienone is 3. The first-order chi connectivity index (χ1) is 14.2. The fraction of sp³-hybridized carbons (Fsp3) is 0.435. The van der Waals surface area contributed by atoms with Crippen LogP contribution in [0.2, 0.25) is 0 Å². The van der Waals surface area contributed by atoms with Crippen molar-refractivity contribution < 1.29 is 4.74 Å². The largest absolute Gasteiger partial charge is 0.440 e. The van der Waals surface area contributed by atoms with Gasteiger partial charge in [0.25, 0.3) is 0 Å². The molecule has 0 bridgehead atoms. The minimum atomic E-state index is -0.216. The molecule has 0 amide bonds. The van der Waals surface area contributed by atoms with Gasteiger partial charge in [0.2, 0.25) is 5.88 Å². The summed E-state index contributed by atoms with van der Waals surface area (Å²) in [5, 5.41) is 19.0. The van der Waals surface area contributed by atoms with E-state index in [2.05, 4.69) is 29.3 Å². The fourth-order valence-corrected chi connectivity index (χ4v) is 4.75. The van der Waals surface area contributed by atoms with Crippen LogP contribution in [0.4, 0.5) is 0 Å². The number of ether oxygens (including phenoxy) is 1. The molecule has 0 aromatic carbocycles. The molecule has 1 atom stereocenters. The van der Waals surface area contributed by atoms with Gasteiger partial charge in [-0.25, -0.2) is 0 Å². The summed E-state index contributed by atoms with van der Waals surface area (Å²) in [6, 6.07) is 2.31. The number of hydrogen-bond acceptors (Lipinski definition) is 5. The summed E-state index contributed by atoms with van der Waals surface area (Å²) < 4.78 is 9.86. The quantitative estimate of drug-likeness (QED) is 0.823. The Balaban J connectivity index is 1.92. The van der Waals surface area contributed by atoms with Crippen LogP contribution in [-0.2, 0) is 18.8 Å². The van der Waals surface area contributed by atoms with Crippen LogP contribution in [0, 0.1) is 39.0 Å². The number of aryl methyl sites for hydroxylation is 4. The number of hydrogen-bond donors (Lipinski definition) is 1. The Kier molecular flexibility index (Phi) is 4.81. The van der Waals surface area contributed by atoms with E-state index in [1.807, 2.05) is 44.2 Å². The van der Waals surface area contributed by atoms with Crippen molar-refractivity contribution in [1.29, 1.82) is 5.26 Å². The molecule has 4 rings (SSSR count). The number of nitrogens with zero attached hydrogens (tertiary/aromatic N) is 5. The monoisotopic (exact) mass is 404 g/mol. The van der Waals surface area contributed by atoms with Crippen LogP contribution in [-0.4, -0.2) is 19.6 Å². The third-order valence-corrected chi connectivity index (χ3v) is 6.45. The highest BCUT2D eigenvalue weighted by atomic mass is 16.5. The van der Waals surface area contributed by atoms with Gasteiger partial charge < -0.3 is 10.5 Å². The lowest BCUT2D eigenvalue weighted by Gasteiger charge is -2.33. The topological polar surface area (TPSA) is 94.7 Å². The van der Waals surface area contributed by atoms with Gasteiger partial charge in [-0.15, -0.1) is 0 Å². The lowest BCUT2D eigenvalue weighted by Crippen LogP contribution is -2.24. The predicted molar refractivity (Wildman–Crippen MR) is 115 cm³/mol. The minimum Gasteiger partial charge on any atom is -0.440 e. The number of rotatable bonds is 2. The number of nitrogens with two attached hydrogens (primary N) is 1. The Morgan fingerprint density at radius 2 is 1.73 bits per heavy atom. The van der Waals surface area contributed by atoms with E-state index in [0.29, 0.717) is 5.57 Å². The van der Waals surface area contributed by atoms with E-state index >= 15 is 0 Å². The summed E-state index contributed by atoms with van der Waals surface area (Å²) in [6.07, 6.45) is 4.95. The molecule has 0 fully saturated rings. The molecule has 156 valence electrons. The Bertz CT molecular complexity index is 1180. The van der Waals surface area contributed by atoms with Crippen molar-refractivity contribution in [3.8, 4) is 6.07 Å². The molecule has 0 radical (unpaired) electrons. The lowest BCUT2D eigenvalue weighted by molar-refractivity contribution is 0.277. The second-order valence-electron chi connectivity index (χ2n) is 8.22. The molecule has 0 saturated heterocycles. The Morgan fingerprint density at radius 1 is 1.07 bits per heavy atom. The van der Waals surface area contributed by atoms with Crippen molar-refractivity contribution in [3.63, 3.8) is 0 Å². The van der Waals surface area contributed by atoms with Crippen LogP contribution >= 0.6 is 0 Å². The second-order valence-corrected chi connectivity index (χ2v) is 8.22. The number of nitriles is 1. The van der Waals surface area contributed by atoms with Gasteiger partial charge in [0.1, 0.15) is 17.4 Å². The Labute approximate surface area is 177 Å². The van der Waals surface area contributed by atoms with Crippen LogP contribution in [0.3, 0.4) is 0 Å². The van der Waals surface area contributed by atoms with E-state index < -0.39 is 0 Å². The van der Waals surface area contributed by atoms with Crippen LogP contribution in [0.25, 0.3) is 6.08 Å². The summed E-state index contributed by atoms with van der Waals surface area (Å²) in [4.78, 5) is 0. The molecular weight excluding hydrogens is 376 g/mol. The molecule has 1 aliphatic carbocycles. The van der Waals surface area contributed by atoms with E-state index in [4.69, 9.17) is 10.5 Å². The van der Waals surface area contributed by atoms with Crippen molar-refractivity contribution in [2.24, 2.45) is 19.8 Å². The molecule has 1 aliphatic heterocycles. The van der Waals surface area contributed by atoms with E-state index in [1.54, 1.807) is 0 Å².